The van der Waals surface area contributed by atoms with Crippen molar-refractivity contribution in [3.63, 3.8) is 0 Å². The highest BCUT2D eigenvalue weighted by Crippen LogP contribution is 2.45. The highest BCUT2D eigenvalue weighted by atomic mass is 32.2. The van der Waals surface area contributed by atoms with Gasteiger partial charge in [-0.3, -0.25) is 9.78 Å². The summed E-state index contributed by atoms with van der Waals surface area (Å²) >= 11 is 1.48. The van der Waals surface area contributed by atoms with Crippen LogP contribution in [0.2, 0.25) is 0 Å². The van der Waals surface area contributed by atoms with Gasteiger partial charge in [0.2, 0.25) is 5.91 Å². The first kappa shape index (κ1) is 23.8. The van der Waals surface area contributed by atoms with Gasteiger partial charge in [-0.2, -0.15) is 0 Å². The average Bonchev–Trinajstić information content (AvgIpc) is 3.25. The highest BCUT2D eigenvalue weighted by Gasteiger charge is 2.41. The lowest BCUT2D eigenvalue weighted by Crippen LogP contribution is -2.38. The maximum Gasteiger partial charge on any atom is 0.338 e. The molecule has 1 aromatic heterocycles. The number of fused-ring (bicyclic) bond motifs is 1. The molecule has 3 heterocycles. The highest BCUT2D eigenvalue weighted by molar-refractivity contribution is 8.16. The van der Waals surface area contributed by atoms with Gasteiger partial charge >= 0.3 is 5.97 Å². The Balaban J connectivity index is 1.57. The van der Waals surface area contributed by atoms with Gasteiger partial charge < -0.3 is 15.0 Å². The van der Waals surface area contributed by atoms with E-state index >= 15 is 0 Å². The Bertz CT molecular complexity index is 1170. The first-order valence-electron chi connectivity index (χ1n) is 11.3. The third-order valence-electron chi connectivity index (χ3n) is 5.76. The van der Waals surface area contributed by atoms with Gasteiger partial charge in [-0.15, -0.1) is 0 Å². The average molecular weight is 477 g/mol. The number of allylic oxidation sites excluding steroid dienone is 1. The van der Waals surface area contributed by atoms with E-state index in [0.29, 0.717) is 30.7 Å². The number of aromatic nitrogens is 1. The van der Waals surface area contributed by atoms with E-state index in [1.54, 1.807) is 6.20 Å². The van der Waals surface area contributed by atoms with Crippen LogP contribution < -0.4 is 5.32 Å². The molecule has 1 atom stereocenters. The molecule has 0 bridgehead atoms. The molecule has 0 spiro atoms. The predicted octanol–water partition coefficient (Wildman–Crippen LogP) is 4.28. The van der Waals surface area contributed by atoms with Crippen LogP contribution in [-0.2, 0) is 20.7 Å². The molecule has 0 aliphatic carbocycles. The summed E-state index contributed by atoms with van der Waals surface area (Å²) in [6.07, 6.45) is 3.20. The number of nitrogens with one attached hydrogen (secondary N) is 1. The number of aliphatic imine (C=N–C) groups is 1. The minimum atomic E-state index is -0.405. The number of aryl methyl sites for hydroxylation is 1. The molecule has 2 aliphatic heterocycles. The maximum absolute atomic E-state index is 12.9. The topological polar surface area (TPSA) is 83.9 Å². The summed E-state index contributed by atoms with van der Waals surface area (Å²) in [4.78, 5) is 36.8. The minimum absolute atomic E-state index is 0.0862. The zero-order chi connectivity index (χ0) is 24.1. The normalized spacial score (nSPS) is 17.1. The Morgan fingerprint density at radius 1 is 1.21 bits per heavy atom. The monoisotopic (exact) mass is 476 g/mol. The number of benzene rings is 1. The number of carbonyl (C=O) groups excluding carboxylic acids is 2. The van der Waals surface area contributed by atoms with E-state index in [4.69, 9.17) is 9.73 Å². The van der Waals surface area contributed by atoms with E-state index in [0.717, 1.165) is 27.7 Å². The standard InChI is InChI=1S/C26H28N4O3S/c1-4-21-23(25(32)33-3)24(18-9-7-8-17(2)14-18)30-20(16-34-26(30)29-21)15-22(31)28-13-11-19-10-5-6-12-27-19/h5-10,12,14,16,24H,4,11,13,15H2,1-3H3,(H,28,31)/t24-/m0/s1. The fraction of sp³-hybridized carbons (Fsp3) is 0.308. The smallest absolute Gasteiger partial charge is 0.338 e. The van der Waals surface area contributed by atoms with E-state index in [-0.39, 0.29) is 12.3 Å². The van der Waals surface area contributed by atoms with Crippen molar-refractivity contribution in [3.05, 3.63) is 87.9 Å². The van der Waals surface area contributed by atoms with E-state index in [2.05, 4.69) is 16.4 Å². The van der Waals surface area contributed by atoms with Crippen molar-refractivity contribution < 1.29 is 14.3 Å². The van der Waals surface area contributed by atoms with Gasteiger partial charge in [0, 0.05) is 30.6 Å². The zero-order valence-electron chi connectivity index (χ0n) is 19.6. The number of hydrogen-bond acceptors (Lipinski definition) is 7. The molecule has 0 saturated heterocycles. The summed E-state index contributed by atoms with van der Waals surface area (Å²) < 4.78 is 5.16. The number of rotatable bonds is 8. The van der Waals surface area contributed by atoms with Crippen LogP contribution in [0.4, 0.5) is 0 Å². The van der Waals surface area contributed by atoms with E-state index in [1.165, 1.54) is 18.9 Å². The van der Waals surface area contributed by atoms with E-state index < -0.39 is 12.0 Å². The van der Waals surface area contributed by atoms with Crippen molar-refractivity contribution in [2.24, 2.45) is 4.99 Å². The maximum atomic E-state index is 12.9. The molecular formula is C26H28N4O3S. The van der Waals surface area contributed by atoms with Crippen molar-refractivity contribution in [2.75, 3.05) is 13.7 Å². The van der Waals surface area contributed by atoms with Crippen LogP contribution in [0.15, 0.2) is 76.0 Å². The summed E-state index contributed by atoms with van der Waals surface area (Å²) in [5.74, 6) is -0.487. The number of hydrogen-bond donors (Lipinski definition) is 1. The van der Waals surface area contributed by atoms with Gasteiger partial charge in [0.1, 0.15) is 0 Å². The fourth-order valence-corrected chi connectivity index (χ4v) is 5.11. The molecule has 7 nitrogen and oxygen atoms in total. The second kappa shape index (κ2) is 10.7. The SMILES string of the molecule is CCC1=C(C(=O)OC)[C@H](c2cccc(C)c2)N2C(CC(=O)NCCc3ccccn3)=CSC2=N1. The minimum Gasteiger partial charge on any atom is -0.466 e. The van der Waals surface area contributed by atoms with Crippen molar-refractivity contribution in [1.82, 2.24) is 15.2 Å². The van der Waals surface area contributed by atoms with Gasteiger partial charge in [0.15, 0.2) is 5.17 Å². The lowest BCUT2D eigenvalue weighted by Gasteiger charge is -2.36. The third kappa shape index (κ3) is 5.07. The third-order valence-corrected chi connectivity index (χ3v) is 6.65. The molecule has 2 aromatic rings. The summed E-state index contributed by atoms with van der Waals surface area (Å²) in [7, 11) is 1.39. The molecule has 1 amide bonds. The molecule has 0 radical (unpaired) electrons. The molecule has 8 heteroatoms. The van der Waals surface area contributed by atoms with Crippen LogP contribution >= 0.6 is 11.8 Å². The summed E-state index contributed by atoms with van der Waals surface area (Å²) in [6.45, 7) is 4.51. The number of thioether (sulfide) groups is 1. The Morgan fingerprint density at radius 3 is 2.76 bits per heavy atom. The summed E-state index contributed by atoms with van der Waals surface area (Å²) in [5, 5.41) is 5.71. The molecular weight excluding hydrogens is 448 g/mol. The molecule has 0 saturated carbocycles. The van der Waals surface area contributed by atoms with Gasteiger partial charge in [-0.25, -0.2) is 9.79 Å². The molecule has 0 fully saturated rings. The van der Waals surface area contributed by atoms with Crippen LogP contribution in [0.3, 0.4) is 0 Å². The lowest BCUT2D eigenvalue weighted by molar-refractivity contribution is -0.136. The number of ether oxygens (including phenoxy) is 1. The fourth-order valence-electron chi connectivity index (χ4n) is 4.17. The summed E-state index contributed by atoms with van der Waals surface area (Å²) in [5.41, 5.74) is 5.02. The van der Waals surface area contributed by atoms with Crippen molar-refractivity contribution in [1.29, 1.82) is 0 Å². The number of nitrogens with zero attached hydrogens (tertiary/aromatic N) is 3. The molecule has 0 unspecified atom stereocenters. The first-order chi connectivity index (χ1) is 16.5. The van der Waals surface area contributed by atoms with Gasteiger partial charge in [-0.05, 0) is 36.4 Å². The molecule has 1 N–H and O–H groups in total. The molecule has 2 aliphatic rings. The second-order valence-corrected chi connectivity index (χ2v) is 8.95. The van der Waals surface area contributed by atoms with Gasteiger partial charge in [0.05, 0.1) is 30.8 Å². The van der Waals surface area contributed by atoms with E-state index in [1.807, 2.05) is 60.6 Å². The van der Waals surface area contributed by atoms with Crippen molar-refractivity contribution >= 4 is 28.8 Å². The Labute approximate surface area is 204 Å². The van der Waals surface area contributed by atoms with Crippen LogP contribution in [0, 0.1) is 6.92 Å². The number of amidine groups is 1. The van der Waals surface area contributed by atoms with Crippen LogP contribution in [0.25, 0.3) is 0 Å². The number of pyridine rings is 1. The molecule has 34 heavy (non-hydrogen) atoms. The van der Waals surface area contributed by atoms with E-state index in [9.17, 15) is 9.59 Å². The first-order valence-corrected chi connectivity index (χ1v) is 12.2. The van der Waals surface area contributed by atoms with Crippen LogP contribution in [0.5, 0.6) is 0 Å². The number of esters is 1. The van der Waals surface area contributed by atoms with Crippen molar-refractivity contribution in [2.45, 2.75) is 39.2 Å². The number of methoxy groups -OCH3 is 1. The number of carbonyl (C=O) groups is 2. The zero-order valence-corrected chi connectivity index (χ0v) is 20.4. The second-order valence-electron chi connectivity index (χ2n) is 8.11. The van der Waals surface area contributed by atoms with Crippen LogP contribution in [-0.4, -0.2) is 40.6 Å². The molecule has 1 aromatic carbocycles. The van der Waals surface area contributed by atoms with Crippen molar-refractivity contribution in [3.8, 4) is 0 Å². The van der Waals surface area contributed by atoms with Gasteiger partial charge in [-0.1, -0.05) is 54.6 Å². The summed E-state index contributed by atoms with van der Waals surface area (Å²) in [6, 6.07) is 13.4. The Morgan fingerprint density at radius 2 is 2.06 bits per heavy atom. The van der Waals surface area contributed by atoms with Gasteiger partial charge in [0.25, 0.3) is 0 Å². The Hall–Kier alpha value is -3.39. The molecule has 176 valence electrons. The largest absolute Gasteiger partial charge is 0.466 e. The molecule has 4 rings (SSSR count). The predicted molar refractivity (Wildman–Crippen MR) is 134 cm³/mol. The quantitative estimate of drug-likeness (QED) is 0.573. The number of amides is 1. The van der Waals surface area contributed by atoms with Crippen LogP contribution in [0.1, 0.15) is 42.6 Å². The lowest BCUT2D eigenvalue weighted by atomic mass is 9.92. The Kier molecular flexibility index (Phi) is 7.47.